The minimum atomic E-state index is 0.232. The average Bonchev–Trinajstić information content (AvgIpc) is 2.30. The van der Waals surface area contributed by atoms with Crippen LogP contribution in [0.25, 0.3) is 0 Å². The monoisotopic (exact) mass is 220 g/mol. The Hall–Kier alpha value is -0.520. The fourth-order valence-corrected chi connectivity index (χ4v) is 2.49. The molecule has 2 heteroatoms. The Balaban J connectivity index is 1.76. The summed E-state index contributed by atoms with van der Waals surface area (Å²) in [6.45, 7) is 6.80. The molecule has 2 N–H and O–H groups in total. The van der Waals surface area contributed by atoms with Gasteiger partial charge in [0.2, 0.25) is 0 Å². The van der Waals surface area contributed by atoms with Crippen molar-refractivity contribution < 1.29 is 0 Å². The first-order valence-corrected chi connectivity index (χ1v) is 6.72. The molecule has 1 saturated carbocycles. The van der Waals surface area contributed by atoms with Crippen molar-refractivity contribution in [3.05, 3.63) is 0 Å². The lowest BCUT2D eigenvalue weighted by Gasteiger charge is -2.26. The van der Waals surface area contributed by atoms with Crippen molar-refractivity contribution in [2.45, 2.75) is 45.7 Å². The van der Waals surface area contributed by atoms with Crippen LogP contribution in [0.3, 0.4) is 0 Å². The van der Waals surface area contributed by atoms with Gasteiger partial charge in [0.25, 0.3) is 0 Å². The highest BCUT2D eigenvalue weighted by molar-refractivity contribution is 5.11. The van der Waals surface area contributed by atoms with Crippen LogP contribution >= 0.6 is 0 Å². The molecule has 0 bridgehead atoms. The third-order valence-corrected chi connectivity index (χ3v) is 3.79. The Morgan fingerprint density at radius 1 is 0.812 bits per heavy atom. The second kappa shape index (κ2) is 5.70. The van der Waals surface area contributed by atoms with Gasteiger partial charge in [-0.15, -0.1) is 0 Å². The van der Waals surface area contributed by atoms with Gasteiger partial charge in [-0.05, 0) is 37.5 Å². The van der Waals surface area contributed by atoms with Gasteiger partial charge in [0.1, 0.15) is 6.17 Å². The van der Waals surface area contributed by atoms with Crippen molar-refractivity contribution in [2.24, 2.45) is 17.8 Å². The zero-order valence-corrected chi connectivity index (χ0v) is 10.6. The molecule has 0 aromatic carbocycles. The Morgan fingerprint density at radius 2 is 1.44 bits per heavy atom. The molecular formula is C14H24N2. The number of nitrogens with one attached hydrogen (secondary N) is 2. The molecule has 2 nitrogen and oxygen atoms in total. The average molecular weight is 220 g/mol. The van der Waals surface area contributed by atoms with Crippen LogP contribution in [0.2, 0.25) is 0 Å². The summed E-state index contributed by atoms with van der Waals surface area (Å²) in [6.07, 6.45) is 5.56. The van der Waals surface area contributed by atoms with Gasteiger partial charge < -0.3 is 0 Å². The van der Waals surface area contributed by atoms with Crippen LogP contribution in [0.1, 0.15) is 39.5 Å². The summed E-state index contributed by atoms with van der Waals surface area (Å²) in [5.41, 5.74) is 0. The van der Waals surface area contributed by atoms with Gasteiger partial charge in [-0.25, -0.2) is 0 Å². The molecule has 2 fully saturated rings. The van der Waals surface area contributed by atoms with Crippen molar-refractivity contribution in [2.75, 3.05) is 13.1 Å². The van der Waals surface area contributed by atoms with Gasteiger partial charge in [-0.1, -0.05) is 25.7 Å². The summed E-state index contributed by atoms with van der Waals surface area (Å²) in [7, 11) is 0. The van der Waals surface area contributed by atoms with E-state index in [0.29, 0.717) is 5.92 Å². The highest BCUT2D eigenvalue weighted by Gasteiger charge is 2.17. The van der Waals surface area contributed by atoms with Crippen molar-refractivity contribution >= 4 is 0 Å². The predicted molar refractivity (Wildman–Crippen MR) is 67.9 cm³/mol. The third-order valence-electron chi connectivity index (χ3n) is 3.79. The van der Waals surface area contributed by atoms with Crippen LogP contribution < -0.4 is 10.6 Å². The van der Waals surface area contributed by atoms with Crippen molar-refractivity contribution in [3.8, 4) is 11.8 Å². The Kier molecular flexibility index (Phi) is 4.26. The molecule has 1 saturated heterocycles. The van der Waals surface area contributed by atoms with Crippen LogP contribution in [0.15, 0.2) is 0 Å². The minimum absolute atomic E-state index is 0.232. The van der Waals surface area contributed by atoms with Crippen LogP contribution in [-0.4, -0.2) is 19.3 Å². The van der Waals surface area contributed by atoms with Gasteiger partial charge in [0.15, 0.2) is 0 Å². The highest BCUT2D eigenvalue weighted by Crippen LogP contribution is 2.27. The summed E-state index contributed by atoms with van der Waals surface area (Å²) in [4.78, 5) is 0. The molecule has 0 aromatic heterocycles. The Bertz CT molecular complexity index is 234. The van der Waals surface area contributed by atoms with E-state index in [-0.39, 0.29) is 6.17 Å². The Labute approximate surface area is 99.6 Å². The van der Waals surface area contributed by atoms with E-state index in [0.717, 1.165) is 24.9 Å². The number of hydrogen-bond donors (Lipinski definition) is 2. The maximum absolute atomic E-state index is 3.45. The summed E-state index contributed by atoms with van der Waals surface area (Å²) in [5.74, 6) is 9.11. The lowest BCUT2D eigenvalue weighted by atomic mass is 9.83. The smallest absolute Gasteiger partial charge is 0.121 e. The SMILES string of the molecule is CC1CCC(C#CC2NCC(C)CN2)CC1. The standard InChI is InChI=1S/C14H24N2/c1-11-3-5-13(6-4-11)7-8-14-15-9-12(2)10-16-14/h11-16H,3-6,9-10H2,1-2H3. The first kappa shape index (κ1) is 12.0. The van der Waals surface area contributed by atoms with E-state index in [9.17, 15) is 0 Å². The topological polar surface area (TPSA) is 24.1 Å². The molecule has 16 heavy (non-hydrogen) atoms. The van der Waals surface area contributed by atoms with Crippen LogP contribution in [0.5, 0.6) is 0 Å². The fourth-order valence-electron chi connectivity index (χ4n) is 2.49. The molecule has 2 rings (SSSR count). The third kappa shape index (κ3) is 3.50. The second-order valence-electron chi connectivity index (χ2n) is 5.60. The van der Waals surface area contributed by atoms with Gasteiger partial charge in [0.05, 0.1) is 0 Å². The summed E-state index contributed by atoms with van der Waals surface area (Å²) >= 11 is 0. The molecule has 1 aliphatic carbocycles. The molecule has 1 heterocycles. The maximum Gasteiger partial charge on any atom is 0.121 e. The van der Waals surface area contributed by atoms with Crippen LogP contribution in [0, 0.1) is 29.6 Å². The molecule has 90 valence electrons. The Morgan fingerprint density at radius 3 is 2.06 bits per heavy atom. The largest absolute Gasteiger partial charge is 0.291 e. The lowest BCUT2D eigenvalue weighted by molar-refractivity contribution is 0.335. The van der Waals surface area contributed by atoms with Crippen LogP contribution in [-0.2, 0) is 0 Å². The highest BCUT2D eigenvalue weighted by atomic mass is 15.1. The van der Waals surface area contributed by atoms with Gasteiger partial charge in [0, 0.05) is 19.0 Å². The number of hydrogen-bond acceptors (Lipinski definition) is 2. The predicted octanol–water partition coefficient (Wildman–Crippen LogP) is 1.97. The van der Waals surface area contributed by atoms with E-state index in [1.807, 2.05) is 0 Å². The normalized spacial score (nSPS) is 39.9. The van der Waals surface area contributed by atoms with E-state index in [2.05, 4.69) is 36.3 Å². The van der Waals surface area contributed by atoms with Crippen molar-refractivity contribution in [1.29, 1.82) is 0 Å². The zero-order valence-electron chi connectivity index (χ0n) is 10.6. The zero-order chi connectivity index (χ0) is 11.4. The van der Waals surface area contributed by atoms with E-state index in [4.69, 9.17) is 0 Å². The fraction of sp³-hybridized carbons (Fsp3) is 0.857. The lowest BCUT2D eigenvalue weighted by Crippen LogP contribution is -2.51. The molecule has 0 radical (unpaired) electrons. The van der Waals surface area contributed by atoms with Crippen molar-refractivity contribution in [3.63, 3.8) is 0 Å². The quantitative estimate of drug-likeness (QED) is 0.610. The maximum atomic E-state index is 3.45. The first-order valence-electron chi connectivity index (χ1n) is 6.72. The number of rotatable bonds is 0. The van der Waals surface area contributed by atoms with Crippen molar-refractivity contribution in [1.82, 2.24) is 10.6 Å². The second-order valence-corrected chi connectivity index (χ2v) is 5.60. The van der Waals surface area contributed by atoms with Gasteiger partial charge in [-0.2, -0.15) is 0 Å². The first-order chi connectivity index (χ1) is 7.74. The molecule has 0 aromatic rings. The van der Waals surface area contributed by atoms with Gasteiger partial charge >= 0.3 is 0 Å². The molecule has 0 spiro atoms. The van der Waals surface area contributed by atoms with E-state index in [1.165, 1.54) is 25.7 Å². The molecule has 0 unspecified atom stereocenters. The van der Waals surface area contributed by atoms with E-state index in [1.54, 1.807) is 0 Å². The summed E-state index contributed by atoms with van der Waals surface area (Å²) < 4.78 is 0. The summed E-state index contributed by atoms with van der Waals surface area (Å²) in [5, 5.41) is 6.86. The van der Waals surface area contributed by atoms with Crippen LogP contribution in [0.4, 0.5) is 0 Å². The molecule has 0 amide bonds. The molecule has 1 aliphatic heterocycles. The molecule has 2 aliphatic rings. The van der Waals surface area contributed by atoms with E-state index >= 15 is 0 Å². The minimum Gasteiger partial charge on any atom is -0.291 e. The van der Waals surface area contributed by atoms with Gasteiger partial charge in [-0.3, -0.25) is 10.6 Å². The summed E-state index contributed by atoms with van der Waals surface area (Å²) in [6, 6.07) is 0. The van der Waals surface area contributed by atoms with E-state index < -0.39 is 0 Å². The molecular weight excluding hydrogens is 196 g/mol. The molecule has 0 atom stereocenters.